The van der Waals surface area contributed by atoms with Gasteiger partial charge in [0.05, 0.1) is 0 Å². The van der Waals surface area contributed by atoms with Crippen molar-refractivity contribution >= 4 is 0 Å². The van der Waals surface area contributed by atoms with Crippen LogP contribution in [-0.4, -0.2) is 16.0 Å². The topological polar surface area (TPSA) is 3.24 Å². The number of hydrogen-bond acceptors (Lipinski definition) is 1. The molecule has 0 aromatic heterocycles. The van der Waals surface area contributed by atoms with Gasteiger partial charge < -0.3 is 0 Å². The van der Waals surface area contributed by atoms with Crippen LogP contribution in [-0.2, 0) is 0 Å². The fraction of sp³-hybridized carbons (Fsp3) is 0.909. The molecular weight excluding hydrogens is 146 g/mol. The van der Waals surface area contributed by atoms with Crippen LogP contribution in [0.3, 0.4) is 0 Å². The Kier molecular flexibility index (Phi) is 3.77. The lowest BCUT2D eigenvalue weighted by Gasteiger charge is -2.45. The van der Waals surface area contributed by atoms with E-state index in [0.29, 0.717) is 0 Å². The van der Waals surface area contributed by atoms with E-state index in [4.69, 9.17) is 0 Å². The van der Waals surface area contributed by atoms with E-state index in [1.165, 1.54) is 0 Å². The smallest absolute Gasteiger partial charge is 0.0259 e. The van der Waals surface area contributed by atoms with Gasteiger partial charge in [0.25, 0.3) is 0 Å². The molecule has 0 fully saturated rings. The van der Waals surface area contributed by atoms with Crippen molar-refractivity contribution in [3.63, 3.8) is 0 Å². The summed E-state index contributed by atoms with van der Waals surface area (Å²) in [5.74, 6) is 0. The molecule has 12 heavy (non-hydrogen) atoms. The van der Waals surface area contributed by atoms with E-state index in [0.717, 1.165) is 6.42 Å². The molecule has 0 unspecified atom stereocenters. The maximum atomic E-state index is 2.43. The van der Waals surface area contributed by atoms with E-state index >= 15 is 0 Å². The minimum absolute atomic E-state index is 0.230. The Hall–Kier alpha value is -0.0400. The third-order valence-electron chi connectivity index (χ3n) is 1.81. The third kappa shape index (κ3) is 3.57. The van der Waals surface area contributed by atoms with Gasteiger partial charge >= 0.3 is 0 Å². The molecule has 0 aliphatic heterocycles. The number of rotatable bonds is 2. The summed E-state index contributed by atoms with van der Waals surface area (Å²) in [5.41, 5.74) is 0.461. The first-order valence-electron chi connectivity index (χ1n) is 4.82. The third-order valence-corrected chi connectivity index (χ3v) is 1.81. The van der Waals surface area contributed by atoms with Crippen LogP contribution in [0.15, 0.2) is 0 Å². The molecule has 0 spiro atoms. The van der Waals surface area contributed by atoms with Crippen LogP contribution in [0.2, 0.25) is 0 Å². The summed E-state index contributed by atoms with van der Waals surface area (Å²) in [6.07, 6.45) is 1.11. The van der Waals surface area contributed by atoms with E-state index in [1.54, 1.807) is 0 Å². The molecule has 73 valence electrons. The van der Waals surface area contributed by atoms with Crippen LogP contribution in [0.1, 0.15) is 54.9 Å². The Morgan fingerprint density at radius 2 is 1.25 bits per heavy atom. The van der Waals surface area contributed by atoms with Crippen molar-refractivity contribution in [2.75, 3.05) is 0 Å². The van der Waals surface area contributed by atoms with Crippen molar-refractivity contribution in [2.24, 2.45) is 0 Å². The van der Waals surface area contributed by atoms with Crippen LogP contribution in [0.25, 0.3) is 0 Å². The molecule has 0 aromatic rings. The van der Waals surface area contributed by atoms with Crippen molar-refractivity contribution in [2.45, 2.75) is 66.0 Å². The second kappa shape index (κ2) is 3.78. The molecule has 0 saturated heterocycles. The van der Waals surface area contributed by atoms with Gasteiger partial charge in [-0.25, -0.2) is 0 Å². The van der Waals surface area contributed by atoms with Crippen LogP contribution >= 0.6 is 0 Å². The van der Waals surface area contributed by atoms with Gasteiger partial charge in [-0.05, 0) is 48.0 Å². The number of hydrogen-bond donors (Lipinski definition) is 0. The molecule has 0 rings (SSSR count). The van der Waals surface area contributed by atoms with Gasteiger partial charge in [0.1, 0.15) is 0 Å². The maximum absolute atomic E-state index is 2.43. The first-order valence-corrected chi connectivity index (χ1v) is 4.82. The molecular formula is C11H24N. The lowest BCUT2D eigenvalue weighted by atomic mass is 9.96. The van der Waals surface area contributed by atoms with Crippen molar-refractivity contribution in [3.05, 3.63) is 6.54 Å². The first-order chi connectivity index (χ1) is 5.19. The summed E-state index contributed by atoms with van der Waals surface area (Å²) in [6.45, 7) is 18.0. The molecule has 0 aliphatic rings. The van der Waals surface area contributed by atoms with Gasteiger partial charge in [-0.15, -0.1) is 0 Å². The van der Waals surface area contributed by atoms with Gasteiger partial charge in [-0.3, -0.25) is 4.90 Å². The highest BCUT2D eigenvalue weighted by Crippen LogP contribution is 2.26. The highest BCUT2D eigenvalue weighted by molar-refractivity contribution is 4.90. The molecule has 1 heteroatoms. The minimum Gasteiger partial charge on any atom is -0.289 e. The molecule has 0 N–H and O–H groups in total. The summed E-state index contributed by atoms with van der Waals surface area (Å²) in [5, 5.41) is 0. The molecule has 0 atom stereocenters. The van der Waals surface area contributed by atoms with E-state index in [1.807, 2.05) is 0 Å². The lowest BCUT2D eigenvalue weighted by Crippen LogP contribution is -2.50. The van der Waals surface area contributed by atoms with Crippen LogP contribution in [0.5, 0.6) is 0 Å². The largest absolute Gasteiger partial charge is 0.289 e. The molecule has 0 heterocycles. The Morgan fingerprint density at radius 1 is 0.917 bits per heavy atom. The average Bonchev–Trinajstić information content (AvgIpc) is 1.77. The van der Waals surface area contributed by atoms with Gasteiger partial charge in [0, 0.05) is 17.6 Å². The normalized spacial score (nSPS) is 14.0. The monoisotopic (exact) mass is 170 g/mol. The second-order valence-electron chi connectivity index (χ2n) is 5.30. The second-order valence-corrected chi connectivity index (χ2v) is 5.30. The molecule has 0 bridgehead atoms. The molecule has 0 saturated carbocycles. The number of nitrogens with zero attached hydrogens (tertiary/aromatic N) is 1. The highest BCUT2D eigenvalue weighted by atomic mass is 15.2. The molecule has 0 amide bonds. The summed E-state index contributed by atoms with van der Waals surface area (Å²) < 4.78 is 0. The maximum Gasteiger partial charge on any atom is 0.0259 e. The lowest BCUT2D eigenvalue weighted by molar-refractivity contribution is 0.0699. The standard InChI is InChI=1S/C11H24N/c1-8-9-12(10(2,3)4)11(5,6)7/h9H,8H2,1-7H3. The minimum atomic E-state index is 0.230. The molecule has 0 aromatic carbocycles. The quantitative estimate of drug-likeness (QED) is 0.613. The van der Waals surface area contributed by atoms with Crippen molar-refractivity contribution < 1.29 is 0 Å². The molecule has 1 radical (unpaired) electrons. The Morgan fingerprint density at radius 3 is 1.33 bits per heavy atom. The zero-order valence-electron chi connectivity index (χ0n) is 9.73. The van der Waals surface area contributed by atoms with Crippen LogP contribution in [0, 0.1) is 6.54 Å². The summed E-state index contributed by atoms with van der Waals surface area (Å²) in [7, 11) is 0. The van der Waals surface area contributed by atoms with Crippen molar-refractivity contribution in [3.8, 4) is 0 Å². The predicted molar refractivity (Wildman–Crippen MR) is 55.9 cm³/mol. The van der Waals surface area contributed by atoms with Gasteiger partial charge in [-0.1, -0.05) is 6.92 Å². The Balaban J connectivity index is 4.45. The zero-order chi connectivity index (χ0) is 9.99. The summed E-state index contributed by atoms with van der Waals surface area (Å²) in [4.78, 5) is 2.43. The van der Waals surface area contributed by atoms with E-state index in [-0.39, 0.29) is 11.1 Å². The SMILES string of the molecule is CC[CH]N(C(C)(C)C)C(C)(C)C. The van der Waals surface area contributed by atoms with E-state index in [9.17, 15) is 0 Å². The fourth-order valence-electron chi connectivity index (χ4n) is 1.74. The van der Waals surface area contributed by atoms with Crippen molar-refractivity contribution in [1.29, 1.82) is 0 Å². The first kappa shape index (κ1) is 12.0. The highest BCUT2D eigenvalue weighted by Gasteiger charge is 2.30. The van der Waals surface area contributed by atoms with Crippen LogP contribution < -0.4 is 0 Å². The molecule has 1 nitrogen and oxygen atoms in total. The predicted octanol–water partition coefficient (Wildman–Crippen LogP) is 3.46. The summed E-state index contributed by atoms with van der Waals surface area (Å²) >= 11 is 0. The van der Waals surface area contributed by atoms with Gasteiger partial charge in [0.2, 0.25) is 0 Å². The Labute approximate surface area is 78.1 Å². The van der Waals surface area contributed by atoms with Gasteiger partial charge in [-0.2, -0.15) is 0 Å². The van der Waals surface area contributed by atoms with Crippen LogP contribution in [0.4, 0.5) is 0 Å². The zero-order valence-corrected chi connectivity index (χ0v) is 9.73. The average molecular weight is 170 g/mol. The Bertz CT molecular complexity index is 111. The van der Waals surface area contributed by atoms with E-state index < -0.39 is 0 Å². The van der Waals surface area contributed by atoms with E-state index in [2.05, 4.69) is 59.9 Å². The summed E-state index contributed by atoms with van der Waals surface area (Å²) in [6, 6.07) is 0. The fourth-order valence-corrected chi connectivity index (χ4v) is 1.74. The molecule has 0 aliphatic carbocycles. The van der Waals surface area contributed by atoms with Gasteiger partial charge in [0.15, 0.2) is 0 Å². The van der Waals surface area contributed by atoms with Crippen molar-refractivity contribution in [1.82, 2.24) is 4.90 Å².